The molecule has 2 aromatic rings. The molecule has 1 N–H and O–H groups in total. The molecular weight excluding hydrogens is 449 g/mol. The van der Waals surface area contributed by atoms with Gasteiger partial charge in [-0.15, -0.1) is 0 Å². The Hall–Kier alpha value is -1.48. The van der Waals surface area contributed by atoms with E-state index in [-0.39, 0.29) is 36.5 Å². The molecule has 0 spiro atoms. The molecule has 0 aromatic heterocycles. The molecule has 1 saturated heterocycles. The van der Waals surface area contributed by atoms with Gasteiger partial charge in [-0.2, -0.15) is 0 Å². The first kappa shape index (κ1) is 21.2. The van der Waals surface area contributed by atoms with Crippen molar-refractivity contribution < 1.29 is 22.7 Å². The van der Waals surface area contributed by atoms with Crippen molar-refractivity contribution in [2.75, 3.05) is 24.7 Å². The fourth-order valence-corrected chi connectivity index (χ4v) is 5.53. The SMILES string of the molecule is O=S1(=O)CCC(N(Cc2cccc(Br)c2)CC(O)COc2ccc(F)cc2)C1. The zero-order chi connectivity index (χ0) is 20.1. The van der Waals surface area contributed by atoms with Gasteiger partial charge >= 0.3 is 0 Å². The van der Waals surface area contributed by atoms with E-state index in [1.165, 1.54) is 24.3 Å². The molecule has 1 fully saturated rings. The molecule has 5 nitrogen and oxygen atoms in total. The summed E-state index contributed by atoms with van der Waals surface area (Å²) < 4.78 is 43.3. The lowest BCUT2D eigenvalue weighted by atomic mass is 10.1. The number of ether oxygens (including phenoxy) is 1. The lowest BCUT2D eigenvalue weighted by molar-refractivity contribution is 0.0524. The standard InChI is InChI=1S/C20H23BrFNO4S/c21-16-3-1-2-15(10-16)11-23(18-8-9-28(25,26)14-18)12-19(24)13-27-20-6-4-17(22)5-7-20/h1-7,10,18-19,24H,8-9,11-14H2. The summed E-state index contributed by atoms with van der Waals surface area (Å²) in [5.41, 5.74) is 1.03. The van der Waals surface area contributed by atoms with Gasteiger partial charge in [0.25, 0.3) is 0 Å². The Morgan fingerprint density at radius 3 is 2.64 bits per heavy atom. The van der Waals surface area contributed by atoms with E-state index in [4.69, 9.17) is 4.74 Å². The van der Waals surface area contributed by atoms with E-state index >= 15 is 0 Å². The Morgan fingerprint density at radius 2 is 2.00 bits per heavy atom. The van der Waals surface area contributed by atoms with Crippen molar-refractivity contribution in [3.8, 4) is 5.75 Å². The topological polar surface area (TPSA) is 66.8 Å². The summed E-state index contributed by atoms with van der Waals surface area (Å²) in [6, 6.07) is 13.3. The second kappa shape index (κ2) is 9.35. The number of sulfone groups is 1. The van der Waals surface area contributed by atoms with Crippen LogP contribution in [-0.2, 0) is 16.4 Å². The average molecular weight is 472 g/mol. The summed E-state index contributed by atoms with van der Waals surface area (Å²) in [5.74, 6) is 0.402. The second-order valence-corrected chi connectivity index (χ2v) is 10.2. The van der Waals surface area contributed by atoms with Crippen LogP contribution in [0.25, 0.3) is 0 Å². The van der Waals surface area contributed by atoms with E-state index in [0.29, 0.717) is 18.7 Å². The van der Waals surface area contributed by atoms with Crippen molar-refractivity contribution in [3.05, 3.63) is 64.4 Å². The van der Waals surface area contributed by atoms with Crippen molar-refractivity contribution in [1.82, 2.24) is 4.90 Å². The molecule has 0 bridgehead atoms. The highest BCUT2D eigenvalue weighted by atomic mass is 79.9. The number of halogens is 2. The predicted octanol–water partition coefficient (Wildman–Crippen LogP) is 3.02. The molecule has 8 heteroatoms. The first-order valence-corrected chi connectivity index (χ1v) is 11.7. The Morgan fingerprint density at radius 1 is 1.25 bits per heavy atom. The smallest absolute Gasteiger partial charge is 0.151 e. The van der Waals surface area contributed by atoms with Crippen LogP contribution in [0.4, 0.5) is 4.39 Å². The van der Waals surface area contributed by atoms with Crippen LogP contribution in [0.1, 0.15) is 12.0 Å². The summed E-state index contributed by atoms with van der Waals surface area (Å²) in [6.45, 7) is 0.862. The van der Waals surface area contributed by atoms with Crippen LogP contribution in [0.2, 0.25) is 0 Å². The minimum absolute atomic E-state index is 0.0418. The lowest BCUT2D eigenvalue weighted by Crippen LogP contribution is -2.42. The maximum atomic E-state index is 13.0. The normalized spacial score (nSPS) is 19.6. The molecule has 1 heterocycles. The maximum Gasteiger partial charge on any atom is 0.151 e. The Bertz CT molecular complexity index is 891. The molecule has 1 aliphatic rings. The molecule has 28 heavy (non-hydrogen) atoms. The minimum Gasteiger partial charge on any atom is -0.491 e. The van der Waals surface area contributed by atoms with Crippen LogP contribution in [0, 0.1) is 5.82 Å². The molecule has 0 radical (unpaired) electrons. The number of aliphatic hydroxyl groups excluding tert-OH is 1. The number of hydrogen-bond acceptors (Lipinski definition) is 5. The minimum atomic E-state index is -3.04. The fourth-order valence-electron chi connectivity index (χ4n) is 3.32. The van der Waals surface area contributed by atoms with E-state index in [1.54, 1.807) is 0 Å². The number of rotatable bonds is 8. The zero-order valence-corrected chi connectivity index (χ0v) is 17.7. The summed E-state index contributed by atoms with van der Waals surface area (Å²) in [5, 5.41) is 10.5. The van der Waals surface area contributed by atoms with Crippen LogP contribution in [-0.4, -0.2) is 55.2 Å². The van der Waals surface area contributed by atoms with Crippen molar-refractivity contribution in [2.24, 2.45) is 0 Å². The first-order chi connectivity index (χ1) is 13.3. The molecule has 2 unspecified atom stereocenters. The van der Waals surface area contributed by atoms with Crippen molar-refractivity contribution in [2.45, 2.75) is 25.1 Å². The highest BCUT2D eigenvalue weighted by Crippen LogP contribution is 2.22. The van der Waals surface area contributed by atoms with Gasteiger partial charge in [-0.3, -0.25) is 4.90 Å². The predicted molar refractivity (Wildman–Crippen MR) is 110 cm³/mol. The maximum absolute atomic E-state index is 13.0. The molecular formula is C20H23BrFNO4S. The zero-order valence-electron chi connectivity index (χ0n) is 15.3. The Labute approximate surface area is 173 Å². The summed E-state index contributed by atoms with van der Waals surface area (Å²) in [7, 11) is -3.04. The molecule has 0 saturated carbocycles. The third-order valence-electron chi connectivity index (χ3n) is 4.70. The van der Waals surface area contributed by atoms with Gasteiger partial charge in [0.15, 0.2) is 9.84 Å². The molecule has 1 aliphatic heterocycles. The highest BCUT2D eigenvalue weighted by molar-refractivity contribution is 9.10. The molecule has 152 valence electrons. The average Bonchev–Trinajstić information content (AvgIpc) is 3.01. The Kier molecular flexibility index (Phi) is 7.09. The van der Waals surface area contributed by atoms with Gasteiger partial charge in [0.1, 0.15) is 24.3 Å². The molecule has 0 amide bonds. The van der Waals surface area contributed by atoms with Gasteiger partial charge in [0.05, 0.1) is 11.5 Å². The van der Waals surface area contributed by atoms with E-state index in [0.717, 1.165) is 10.0 Å². The number of aliphatic hydroxyl groups is 1. The number of benzene rings is 2. The van der Waals surface area contributed by atoms with E-state index in [9.17, 15) is 17.9 Å². The van der Waals surface area contributed by atoms with Crippen LogP contribution in [0.3, 0.4) is 0 Å². The van der Waals surface area contributed by atoms with Gasteiger partial charge in [0, 0.05) is 23.6 Å². The molecule has 3 rings (SSSR count). The third kappa shape index (κ3) is 6.27. The van der Waals surface area contributed by atoms with Crippen molar-refractivity contribution in [1.29, 1.82) is 0 Å². The second-order valence-electron chi connectivity index (χ2n) is 7.03. The number of nitrogens with zero attached hydrogens (tertiary/aromatic N) is 1. The van der Waals surface area contributed by atoms with Gasteiger partial charge in [-0.05, 0) is 48.4 Å². The van der Waals surface area contributed by atoms with Gasteiger partial charge < -0.3 is 9.84 Å². The van der Waals surface area contributed by atoms with Crippen LogP contribution >= 0.6 is 15.9 Å². The first-order valence-electron chi connectivity index (χ1n) is 9.06. The monoisotopic (exact) mass is 471 g/mol. The van der Waals surface area contributed by atoms with Crippen molar-refractivity contribution >= 4 is 25.8 Å². The Balaban J connectivity index is 1.64. The summed E-state index contributed by atoms with van der Waals surface area (Å²) >= 11 is 3.45. The molecule has 2 atom stereocenters. The van der Waals surface area contributed by atoms with Crippen LogP contribution < -0.4 is 4.74 Å². The quantitative estimate of drug-likeness (QED) is 0.640. The van der Waals surface area contributed by atoms with Gasteiger partial charge in [-0.25, -0.2) is 12.8 Å². The van der Waals surface area contributed by atoms with E-state index in [2.05, 4.69) is 15.9 Å². The van der Waals surface area contributed by atoms with Gasteiger partial charge in [-0.1, -0.05) is 28.1 Å². The largest absolute Gasteiger partial charge is 0.491 e. The van der Waals surface area contributed by atoms with E-state index < -0.39 is 15.9 Å². The van der Waals surface area contributed by atoms with Crippen LogP contribution in [0.5, 0.6) is 5.75 Å². The molecule has 0 aliphatic carbocycles. The molecule has 2 aromatic carbocycles. The fraction of sp³-hybridized carbons (Fsp3) is 0.400. The van der Waals surface area contributed by atoms with Crippen molar-refractivity contribution in [3.63, 3.8) is 0 Å². The summed E-state index contributed by atoms with van der Waals surface area (Å²) in [4.78, 5) is 2.00. The highest BCUT2D eigenvalue weighted by Gasteiger charge is 2.33. The third-order valence-corrected chi connectivity index (χ3v) is 6.94. The van der Waals surface area contributed by atoms with Crippen LogP contribution in [0.15, 0.2) is 53.0 Å². The van der Waals surface area contributed by atoms with E-state index in [1.807, 2.05) is 29.2 Å². The van der Waals surface area contributed by atoms with Gasteiger partial charge in [0.2, 0.25) is 0 Å². The summed E-state index contributed by atoms with van der Waals surface area (Å²) in [6.07, 6.45) is -0.248. The number of hydrogen-bond donors (Lipinski definition) is 1. The lowest BCUT2D eigenvalue weighted by Gasteiger charge is -2.30.